The molecule has 0 aliphatic heterocycles. The summed E-state index contributed by atoms with van der Waals surface area (Å²) in [5, 5.41) is 2.78. The topological polar surface area (TPSA) is 101 Å². The third-order valence-corrected chi connectivity index (χ3v) is 2.84. The number of nitrogens with two attached hydrogens (primary N) is 2. The van der Waals surface area contributed by atoms with Crippen LogP contribution >= 0.6 is 0 Å². The van der Waals surface area contributed by atoms with Crippen molar-refractivity contribution >= 4 is 23.2 Å². The van der Waals surface area contributed by atoms with Gasteiger partial charge in [-0.05, 0) is 31.2 Å². The highest BCUT2D eigenvalue weighted by Crippen LogP contribution is 2.20. The molecule has 0 spiro atoms. The molecule has 6 nitrogen and oxygen atoms in total. The summed E-state index contributed by atoms with van der Waals surface area (Å²) in [5.41, 5.74) is 13.0. The van der Waals surface area contributed by atoms with E-state index in [1.165, 1.54) is 0 Å². The molecule has 19 heavy (non-hydrogen) atoms. The lowest BCUT2D eigenvalue weighted by molar-refractivity contribution is -0.121. The van der Waals surface area contributed by atoms with Crippen LogP contribution in [0.2, 0.25) is 0 Å². The van der Waals surface area contributed by atoms with Crippen LogP contribution < -0.4 is 16.8 Å². The first-order chi connectivity index (χ1) is 8.93. The van der Waals surface area contributed by atoms with Gasteiger partial charge in [0.1, 0.15) is 0 Å². The number of hydrogen-bond acceptors (Lipinski definition) is 4. The normalized spacial score (nSPS) is 10.5. The number of benzene rings is 1. The third kappa shape index (κ3) is 4.59. The predicted octanol–water partition coefficient (Wildman–Crippen LogP) is 0.323. The minimum atomic E-state index is -0.449. The van der Waals surface area contributed by atoms with Crippen LogP contribution in [0, 0.1) is 6.92 Å². The molecule has 0 saturated carbocycles. The summed E-state index contributed by atoms with van der Waals surface area (Å²) in [6.45, 7) is 4.47. The van der Waals surface area contributed by atoms with Gasteiger partial charge in [-0.1, -0.05) is 13.0 Å². The number of nitrogens with one attached hydrogen (secondary N) is 1. The zero-order chi connectivity index (χ0) is 14.4. The van der Waals surface area contributed by atoms with E-state index in [4.69, 9.17) is 11.5 Å². The molecule has 0 atom stereocenters. The van der Waals surface area contributed by atoms with Gasteiger partial charge in [-0.25, -0.2) is 0 Å². The second-order valence-corrected chi connectivity index (χ2v) is 4.34. The van der Waals surface area contributed by atoms with E-state index in [1.807, 2.05) is 13.8 Å². The molecule has 0 aliphatic carbocycles. The molecule has 0 saturated heterocycles. The average Bonchev–Trinajstić information content (AvgIpc) is 2.33. The van der Waals surface area contributed by atoms with Crippen molar-refractivity contribution in [3.8, 4) is 0 Å². The molecule has 0 unspecified atom stereocenters. The van der Waals surface area contributed by atoms with E-state index in [0.29, 0.717) is 17.9 Å². The Labute approximate surface area is 112 Å². The Morgan fingerprint density at radius 1 is 1.32 bits per heavy atom. The number of nitrogens with zero attached hydrogens (tertiary/aromatic N) is 1. The van der Waals surface area contributed by atoms with Crippen molar-refractivity contribution in [1.29, 1.82) is 0 Å². The van der Waals surface area contributed by atoms with Crippen LogP contribution in [0.1, 0.15) is 12.5 Å². The van der Waals surface area contributed by atoms with Gasteiger partial charge in [0.25, 0.3) is 0 Å². The van der Waals surface area contributed by atoms with Crippen molar-refractivity contribution < 1.29 is 9.59 Å². The smallest absolute Gasteiger partial charge is 0.238 e. The van der Waals surface area contributed by atoms with Gasteiger partial charge in [0.2, 0.25) is 11.8 Å². The molecule has 0 bridgehead atoms. The second kappa shape index (κ2) is 6.75. The highest BCUT2D eigenvalue weighted by atomic mass is 16.2. The molecule has 1 aromatic rings. The van der Waals surface area contributed by atoms with Crippen LogP contribution in [-0.2, 0) is 9.59 Å². The fraction of sp³-hybridized carbons (Fsp3) is 0.385. The first kappa shape index (κ1) is 15.0. The predicted molar refractivity (Wildman–Crippen MR) is 75.5 cm³/mol. The minimum absolute atomic E-state index is 0.0693. The number of rotatable bonds is 6. The molecule has 0 aliphatic rings. The Hall–Kier alpha value is -2.08. The molecule has 0 fully saturated rings. The van der Waals surface area contributed by atoms with E-state index in [-0.39, 0.29) is 19.0 Å². The van der Waals surface area contributed by atoms with Gasteiger partial charge in [0.05, 0.1) is 13.1 Å². The van der Waals surface area contributed by atoms with Crippen molar-refractivity contribution in [2.45, 2.75) is 13.8 Å². The van der Waals surface area contributed by atoms with E-state index >= 15 is 0 Å². The molecule has 2 amide bonds. The maximum absolute atomic E-state index is 11.9. The summed E-state index contributed by atoms with van der Waals surface area (Å²) in [7, 11) is 0. The van der Waals surface area contributed by atoms with E-state index in [2.05, 4.69) is 5.32 Å². The first-order valence-electron chi connectivity index (χ1n) is 6.09. The Bertz CT molecular complexity index is 474. The van der Waals surface area contributed by atoms with Gasteiger partial charge in [0, 0.05) is 11.4 Å². The minimum Gasteiger partial charge on any atom is -0.398 e. The fourth-order valence-corrected chi connectivity index (χ4v) is 1.68. The van der Waals surface area contributed by atoms with Crippen LogP contribution in [-0.4, -0.2) is 36.3 Å². The Kier molecular flexibility index (Phi) is 5.32. The molecule has 1 aromatic carbocycles. The molecule has 0 radical (unpaired) electrons. The van der Waals surface area contributed by atoms with Crippen molar-refractivity contribution in [3.05, 3.63) is 23.8 Å². The van der Waals surface area contributed by atoms with Gasteiger partial charge in [0.15, 0.2) is 0 Å². The van der Waals surface area contributed by atoms with Crippen molar-refractivity contribution in [2.24, 2.45) is 5.73 Å². The van der Waals surface area contributed by atoms with Gasteiger partial charge in [-0.15, -0.1) is 0 Å². The highest BCUT2D eigenvalue weighted by Gasteiger charge is 2.12. The molecule has 0 aromatic heterocycles. The van der Waals surface area contributed by atoms with Crippen molar-refractivity contribution in [1.82, 2.24) is 4.90 Å². The molecular weight excluding hydrogens is 244 g/mol. The number of amides is 2. The number of nitrogen functional groups attached to an aromatic ring is 1. The highest BCUT2D eigenvalue weighted by molar-refractivity contribution is 5.94. The standard InChI is InChI=1S/C13H20N4O2/c1-3-17(7-12(15)18)8-13(19)16-11-6-4-5-10(14)9(11)2/h4-6H,3,7-8,14H2,1-2H3,(H2,15,18)(H,16,19). The Morgan fingerprint density at radius 2 is 2.00 bits per heavy atom. The van der Waals surface area contributed by atoms with E-state index in [1.54, 1.807) is 23.1 Å². The largest absolute Gasteiger partial charge is 0.398 e. The maximum Gasteiger partial charge on any atom is 0.238 e. The van der Waals surface area contributed by atoms with Gasteiger partial charge in [-0.3, -0.25) is 14.5 Å². The number of carbonyl (C=O) groups excluding carboxylic acids is 2. The SMILES string of the molecule is CCN(CC(N)=O)CC(=O)Nc1cccc(N)c1C. The number of carbonyl (C=O) groups is 2. The average molecular weight is 264 g/mol. The lowest BCUT2D eigenvalue weighted by Crippen LogP contribution is -2.39. The van der Waals surface area contributed by atoms with Crippen LogP contribution in [0.25, 0.3) is 0 Å². The fourth-order valence-electron chi connectivity index (χ4n) is 1.68. The van der Waals surface area contributed by atoms with E-state index in [0.717, 1.165) is 5.56 Å². The molecule has 6 heteroatoms. The summed E-state index contributed by atoms with van der Waals surface area (Å²) in [4.78, 5) is 24.4. The third-order valence-electron chi connectivity index (χ3n) is 2.84. The second-order valence-electron chi connectivity index (χ2n) is 4.34. The summed E-state index contributed by atoms with van der Waals surface area (Å²) in [5.74, 6) is -0.647. The summed E-state index contributed by atoms with van der Waals surface area (Å²) in [6.07, 6.45) is 0. The molecule has 5 N–H and O–H groups in total. The summed E-state index contributed by atoms with van der Waals surface area (Å²) < 4.78 is 0. The number of hydrogen-bond donors (Lipinski definition) is 3. The Morgan fingerprint density at radius 3 is 2.58 bits per heavy atom. The molecule has 104 valence electrons. The Balaban J connectivity index is 2.64. The van der Waals surface area contributed by atoms with Gasteiger partial charge in [-0.2, -0.15) is 0 Å². The van der Waals surface area contributed by atoms with E-state index in [9.17, 15) is 9.59 Å². The van der Waals surface area contributed by atoms with Gasteiger partial charge < -0.3 is 16.8 Å². The summed E-state index contributed by atoms with van der Waals surface area (Å²) in [6, 6.07) is 5.34. The molecule has 1 rings (SSSR count). The monoisotopic (exact) mass is 264 g/mol. The lowest BCUT2D eigenvalue weighted by atomic mass is 10.1. The molecule has 0 heterocycles. The van der Waals surface area contributed by atoms with Gasteiger partial charge >= 0.3 is 0 Å². The number of anilines is 2. The maximum atomic E-state index is 11.9. The van der Waals surface area contributed by atoms with Crippen LogP contribution in [0.5, 0.6) is 0 Å². The number of primary amides is 1. The zero-order valence-corrected chi connectivity index (χ0v) is 11.3. The summed E-state index contributed by atoms with van der Waals surface area (Å²) >= 11 is 0. The van der Waals surface area contributed by atoms with Crippen LogP contribution in [0.4, 0.5) is 11.4 Å². The zero-order valence-electron chi connectivity index (χ0n) is 11.3. The first-order valence-corrected chi connectivity index (χ1v) is 6.09. The quantitative estimate of drug-likeness (QED) is 0.644. The lowest BCUT2D eigenvalue weighted by Gasteiger charge is -2.18. The number of likely N-dealkylation sites (N-methyl/N-ethyl adjacent to an activating group) is 1. The van der Waals surface area contributed by atoms with Crippen molar-refractivity contribution in [2.75, 3.05) is 30.7 Å². The van der Waals surface area contributed by atoms with Crippen LogP contribution in [0.3, 0.4) is 0 Å². The molecular formula is C13H20N4O2. The van der Waals surface area contributed by atoms with Crippen molar-refractivity contribution in [3.63, 3.8) is 0 Å². The van der Waals surface area contributed by atoms with E-state index < -0.39 is 5.91 Å². The van der Waals surface area contributed by atoms with Crippen LogP contribution in [0.15, 0.2) is 18.2 Å².